The number of aliphatic carboxylic acids is 1. The summed E-state index contributed by atoms with van der Waals surface area (Å²) >= 11 is 0. The normalized spacial score (nSPS) is 32.1. The smallest absolute Gasteiger partial charge is 0.306 e. The van der Waals surface area contributed by atoms with Crippen LogP contribution in [0.2, 0.25) is 0 Å². The first-order valence-corrected chi connectivity index (χ1v) is 10.2. The molecule has 3 rings (SSSR count). The van der Waals surface area contributed by atoms with Gasteiger partial charge in [0.05, 0.1) is 25.2 Å². The third-order valence-electron chi connectivity index (χ3n) is 5.75. The number of rotatable bonds is 12. The Kier molecular flexibility index (Phi) is 8.17. The summed E-state index contributed by atoms with van der Waals surface area (Å²) in [5, 5.41) is 28.5. The molecule has 3 aliphatic heterocycles. The van der Waals surface area contributed by atoms with Crippen molar-refractivity contribution in [3.8, 4) is 0 Å². The van der Waals surface area contributed by atoms with Crippen molar-refractivity contribution in [3.63, 3.8) is 0 Å². The highest BCUT2D eigenvalue weighted by Gasteiger charge is 2.52. The van der Waals surface area contributed by atoms with Crippen LogP contribution in [0, 0.1) is 32.1 Å². The van der Waals surface area contributed by atoms with Gasteiger partial charge in [-0.1, -0.05) is 0 Å². The Bertz CT molecular complexity index is 643. The molecule has 1 N–H and O–H groups in total. The summed E-state index contributed by atoms with van der Waals surface area (Å²) in [4.78, 5) is 41.4. The molecule has 176 valence electrons. The first kappa shape index (κ1) is 23.4. The van der Waals surface area contributed by atoms with Crippen molar-refractivity contribution in [2.24, 2.45) is 11.8 Å². The highest BCUT2D eigenvalue weighted by atomic mass is 17.0. The van der Waals surface area contributed by atoms with Gasteiger partial charge in [-0.25, -0.2) is 0 Å². The second-order valence-electron chi connectivity index (χ2n) is 7.72. The van der Waals surface area contributed by atoms with Gasteiger partial charge in [-0.2, -0.15) is 0 Å². The first-order chi connectivity index (χ1) is 14.8. The number of hydrogen-bond acceptors (Lipinski definition) is 11. The van der Waals surface area contributed by atoms with Crippen LogP contribution in [0.3, 0.4) is 0 Å². The summed E-state index contributed by atoms with van der Waals surface area (Å²) in [5.41, 5.74) is 0. The predicted octanol–water partition coefficient (Wildman–Crippen LogP) is 0.578. The van der Waals surface area contributed by atoms with Crippen LogP contribution in [0.4, 0.5) is 0 Å². The van der Waals surface area contributed by atoms with Gasteiger partial charge in [0, 0.05) is 12.5 Å². The van der Waals surface area contributed by atoms with E-state index in [-0.39, 0.29) is 38.4 Å². The zero-order chi connectivity index (χ0) is 22.4. The molecule has 0 amide bonds. The molecule has 31 heavy (non-hydrogen) atoms. The molecule has 0 aromatic carbocycles. The minimum atomic E-state index is -1.27. The molecule has 3 saturated heterocycles. The average molecular weight is 450 g/mol. The summed E-state index contributed by atoms with van der Waals surface area (Å²) < 4.78 is 23.1. The van der Waals surface area contributed by atoms with E-state index < -0.39 is 52.9 Å². The number of hydrogen-bond donors (Lipinski definition) is 1. The van der Waals surface area contributed by atoms with E-state index in [0.29, 0.717) is 6.61 Å². The zero-order valence-electron chi connectivity index (χ0n) is 16.7. The number of ether oxygens (including phenoxy) is 4. The van der Waals surface area contributed by atoms with Gasteiger partial charge in [0.2, 0.25) is 0 Å². The van der Waals surface area contributed by atoms with Gasteiger partial charge in [0.25, 0.3) is 10.2 Å². The average Bonchev–Trinajstić information content (AvgIpc) is 3.30. The Hall–Kier alpha value is -2.29. The number of carbonyl (C=O) groups is 1. The van der Waals surface area contributed by atoms with E-state index in [1.807, 2.05) is 0 Å². The van der Waals surface area contributed by atoms with Crippen molar-refractivity contribution in [1.29, 1.82) is 0 Å². The van der Waals surface area contributed by atoms with E-state index in [1.165, 1.54) is 0 Å². The molecule has 14 heteroatoms. The summed E-state index contributed by atoms with van der Waals surface area (Å²) in [6.07, 6.45) is -0.302. The van der Waals surface area contributed by atoms with Gasteiger partial charge in [0.15, 0.2) is 6.29 Å². The second-order valence-corrected chi connectivity index (χ2v) is 7.72. The number of fused-ring (bicyclic) bond motifs is 1. The fourth-order valence-electron chi connectivity index (χ4n) is 4.29. The topological polar surface area (TPSA) is 179 Å². The minimum absolute atomic E-state index is 0.0349. The molecule has 7 atom stereocenters. The molecular weight excluding hydrogens is 424 g/mol. The van der Waals surface area contributed by atoms with Gasteiger partial charge in [-0.05, 0) is 32.1 Å². The molecule has 0 aromatic rings. The van der Waals surface area contributed by atoms with Gasteiger partial charge >= 0.3 is 5.97 Å². The van der Waals surface area contributed by atoms with Crippen LogP contribution >= 0.6 is 0 Å². The molecule has 3 aliphatic rings. The maximum absolute atomic E-state index is 11.9. The number of carboxylic acids is 1. The van der Waals surface area contributed by atoms with Crippen molar-refractivity contribution in [2.45, 2.75) is 62.8 Å². The summed E-state index contributed by atoms with van der Waals surface area (Å²) in [7, 11) is 0. The molecule has 0 bridgehead atoms. The molecule has 0 aromatic heterocycles. The molecule has 3 heterocycles. The molecule has 0 saturated carbocycles. The van der Waals surface area contributed by atoms with Crippen molar-refractivity contribution >= 4 is 5.97 Å². The van der Waals surface area contributed by atoms with Crippen molar-refractivity contribution in [3.05, 3.63) is 20.2 Å². The number of nitrogens with zero attached hydrogens (tertiary/aromatic N) is 2. The SMILES string of the molecule is O=C(O)C(CC[C@@H](CO[N+](=O)[O-])O[N+](=O)[O-])[C@@H]1CO[C@@H]2[C@@H]1OC[C@H]2OC1CCCCO1. The highest BCUT2D eigenvalue weighted by molar-refractivity contribution is 5.70. The third kappa shape index (κ3) is 6.35. The standard InChI is InChI=1S/C17H26N2O12/c20-17(21)11(5-4-10(31-19(24)25)7-29-18(22)23)12-8-27-16-13(9-28-15(12)16)30-14-3-1-2-6-26-14/h10-16H,1-9H2,(H,20,21)/t10-,11?,12-,13+,14?,15+,16-/m0/s1. The van der Waals surface area contributed by atoms with Crippen molar-refractivity contribution in [2.75, 3.05) is 26.4 Å². The molecule has 0 aliphatic carbocycles. The quantitative estimate of drug-likeness (QED) is 0.323. The second kappa shape index (κ2) is 10.8. The molecule has 14 nitrogen and oxygen atoms in total. The van der Waals surface area contributed by atoms with Crippen LogP contribution in [0.5, 0.6) is 0 Å². The minimum Gasteiger partial charge on any atom is -0.481 e. The lowest BCUT2D eigenvalue weighted by molar-refractivity contribution is -0.790. The van der Waals surface area contributed by atoms with Crippen molar-refractivity contribution < 1.29 is 48.7 Å². The Morgan fingerprint density at radius 1 is 1.06 bits per heavy atom. The fourth-order valence-corrected chi connectivity index (χ4v) is 4.29. The largest absolute Gasteiger partial charge is 0.481 e. The Balaban J connectivity index is 1.56. The van der Waals surface area contributed by atoms with Crippen LogP contribution < -0.4 is 0 Å². The van der Waals surface area contributed by atoms with Crippen LogP contribution in [0.25, 0.3) is 0 Å². The van der Waals surface area contributed by atoms with E-state index in [9.17, 15) is 30.1 Å². The van der Waals surface area contributed by atoms with Crippen LogP contribution in [0.15, 0.2) is 0 Å². The van der Waals surface area contributed by atoms with E-state index in [2.05, 4.69) is 9.68 Å². The Morgan fingerprint density at radius 3 is 2.48 bits per heavy atom. The van der Waals surface area contributed by atoms with Crippen molar-refractivity contribution in [1.82, 2.24) is 0 Å². The first-order valence-electron chi connectivity index (χ1n) is 10.2. The summed E-state index contributed by atoms with van der Waals surface area (Å²) in [6.45, 7) is 0.331. The fraction of sp³-hybridized carbons (Fsp3) is 0.941. The molecule has 0 radical (unpaired) electrons. The lowest BCUT2D eigenvalue weighted by Crippen LogP contribution is -2.38. The monoisotopic (exact) mass is 450 g/mol. The van der Waals surface area contributed by atoms with Crippen LogP contribution in [0.1, 0.15) is 32.1 Å². The lowest BCUT2D eigenvalue weighted by atomic mass is 9.84. The van der Waals surface area contributed by atoms with Gasteiger partial charge < -0.3 is 33.7 Å². The van der Waals surface area contributed by atoms with Crippen LogP contribution in [-0.2, 0) is 33.4 Å². The lowest BCUT2D eigenvalue weighted by Gasteiger charge is -2.27. The zero-order valence-corrected chi connectivity index (χ0v) is 16.7. The maximum atomic E-state index is 11.9. The van der Waals surface area contributed by atoms with E-state index in [1.54, 1.807) is 0 Å². The number of carboxylic acid groups (broad SMARTS) is 1. The highest BCUT2D eigenvalue weighted by Crippen LogP contribution is 2.39. The molecule has 3 fully saturated rings. The van der Waals surface area contributed by atoms with E-state index in [0.717, 1.165) is 19.3 Å². The Labute approximate surface area is 176 Å². The van der Waals surface area contributed by atoms with E-state index in [4.69, 9.17) is 18.9 Å². The Morgan fingerprint density at radius 2 is 1.84 bits per heavy atom. The molecular formula is C17H26N2O12. The summed E-state index contributed by atoms with van der Waals surface area (Å²) in [6, 6.07) is 0. The van der Waals surface area contributed by atoms with Crippen LogP contribution in [-0.4, -0.2) is 78.4 Å². The van der Waals surface area contributed by atoms with E-state index >= 15 is 0 Å². The third-order valence-corrected chi connectivity index (χ3v) is 5.75. The predicted molar refractivity (Wildman–Crippen MR) is 96.6 cm³/mol. The maximum Gasteiger partial charge on any atom is 0.306 e. The van der Waals surface area contributed by atoms with Gasteiger partial charge in [0.1, 0.15) is 24.9 Å². The molecule has 0 spiro atoms. The molecule has 2 unspecified atom stereocenters. The van der Waals surface area contributed by atoms with Gasteiger partial charge in [-0.3, -0.25) is 4.79 Å². The van der Waals surface area contributed by atoms with Gasteiger partial charge in [-0.15, -0.1) is 20.2 Å². The summed E-state index contributed by atoms with van der Waals surface area (Å²) in [5.74, 6) is -2.57.